The van der Waals surface area contributed by atoms with Crippen molar-refractivity contribution in [1.29, 1.82) is 0 Å². The molecule has 120 valence electrons. The van der Waals surface area contributed by atoms with Crippen molar-refractivity contribution in [1.82, 2.24) is 9.97 Å². The number of thiophene rings is 1. The SMILES string of the molecule is COCC(O)CN(C)c1nc(-c2cccs2)nc2ccccc12. The summed E-state index contributed by atoms with van der Waals surface area (Å²) < 4.78 is 5.00. The first-order chi connectivity index (χ1) is 11.2. The van der Waals surface area contributed by atoms with Gasteiger partial charge < -0.3 is 14.7 Å². The van der Waals surface area contributed by atoms with Crippen molar-refractivity contribution in [2.45, 2.75) is 6.10 Å². The molecule has 0 aliphatic rings. The van der Waals surface area contributed by atoms with Crippen LogP contribution in [0.2, 0.25) is 0 Å². The van der Waals surface area contributed by atoms with Gasteiger partial charge in [-0.15, -0.1) is 11.3 Å². The molecule has 0 saturated heterocycles. The largest absolute Gasteiger partial charge is 0.389 e. The Bertz CT molecular complexity index is 777. The van der Waals surface area contributed by atoms with Gasteiger partial charge in [-0.25, -0.2) is 9.97 Å². The Morgan fingerprint density at radius 1 is 1.22 bits per heavy atom. The molecule has 0 fully saturated rings. The summed E-state index contributed by atoms with van der Waals surface area (Å²) in [5.41, 5.74) is 0.897. The molecule has 23 heavy (non-hydrogen) atoms. The molecule has 0 radical (unpaired) electrons. The highest BCUT2D eigenvalue weighted by molar-refractivity contribution is 7.13. The van der Waals surface area contributed by atoms with Crippen molar-refractivity contribution in [3.05, 3.63) is 41.8 Å². The summed E-state index contributed by atoms with van der Waals surface area (Å²) in [6, 6.07) is 11.9. The van der Waals surface area contributed by atoms with Crippen molar-refractivity contribution in [2.24, 2.45) is 0 Å². The first kappa shape index (κ1) is 15.9. The van der Waals surface area contributed by atoms with Crippen molar-refractivity contribution < 1.29 is 9.84 Å². The molecule has 2 aromatic heterocycles. The fourth-order valence-corrected chi connectivity index (χ4v) is 3.17. The molecular formula is C17H19N3O2S. The lowest BCUT2D eigenvalue weighted by Gasteiger charge is -2.23. The van der Waals surface area contributed by atoms with Crippen LogP contribution in [-0.2, 0) is 4.74 Å². The first-order valence-electron chi connectivity index (χ1n) is 7.38. The lowest BCUT2D eigenvalue weighted by atomic mass is 10.2. The smallest absolute Gasteiger partial charge is 0.172 e. The Kier molecular flexibility index (Phi) is 4.85. The molecule has 0 aliphatic heterocycles. The Morgan fingerprint density at radius 2 is 2.04 bits per heavy atom. The second-order valence-corrected chi connectivity index (χ2v) is 6.30. The molecule has 6 heteroatoms. The predicted molar refractivity (Wildman–Crippen MR) is 94.0 cm³/mol. The Balaban J connectivity index is 2.03. The molecule has 3 aromatic rings. The second kappa shape index (κ2) is 7.04. The normalized spacial score (nSPS) is 12.5. The first-order valence-corrected chi connectivity index (χ1v) is 8.26. The lowest BCUT2D eigenvalue weighted by Crippen LogP contribution is -2.32. The topological polar surface area (TPSA) is 58.5 Å². The number of aromatic nitrogens is 2. The average Bonchev–Trinajstić information content (AvgIpc) is 3.08. The molecule has 1 atom stereocenters. The second-order valence-electron chi connectivity index (χ2n) is 5.35. The minimum atomic E-state index is -0.566. The molecule has 3 rings (SSSR count). The van der Waals surface area contributed by atoms with Gasteiger partial charge in [0.15, 0.2) is 5.82 Å². The summed E-state index contributed by atoms with van der Waals surface area (Å²) in [5.74, 6) is 1.52. The van der Waals surface area contributed by atoms with Gasteiger partial charge in [0.05, 0.1) is 23.1 Å². The van der Waals surface area contributed by atoms with Gasteiger partial charge in [-0.3, -0.25) is 0 Å². The number of aliphatic hydroxyl groups excluding tert-OH is 1. The van der Waals surface area contributed by atoms with E-state index in [0.717, 1.165) is 21.6 Å². The van der Waals surface area contributed by atoms with E-state index in [0.29, 0.717) is 19.0 Å². The van der Waals surface area contributed by atoms with Crippen LogP contribution in [0.15, 0.2) is 41.8 Å². The van der Waals surface area contributed by atoms with Crippen molar-refractivity contribution in [3.8, 4) is 10.7 Å². The fourth-order valence-electron chi connectivity index (χ4n) is 2.51. The van der Waals surface area contributed by atoms with E-state index in [-0.39, 0.29) is 0 Å². The van der Waals surface area contributed by atoms with Gasteiger partial charge in [0, 0.05) is 26.1 Å². The van der Waals surface area contributed by atoms with E-state index >= 15 is 0 Å². The zero-order valence-corrected chi connectivity index (χ0v) is 14.0. The molecule has 5 nitrogen and oxygen atoms in total. The van der Waals surface area contributed by atoms with Crippen LogP contribution in [0.3, 0.4) is 0 Å². The maximum absolute atomic E-state index is 10.00. The Labute approximate surface area is 139 Å². The number of benzene rings is 1. The standard InChI is InChI=1S/C17H19N3O2S/c1-20(10-12(21)11-22-2)17-13-6-3-4-7-14(13)18-16(19-17)15-8-5-9-23-15/h3-9,12,21H,10-11H2,1-2H3. The van der Waals surface area contributed by atoms with Crippen LogP contribution in [0.25, 0.3) is 21.6 Å². The summed E-state index contributed by atoms with van der Waals surface area (Å²) in [5, 5.41) is 13.0. The average molecular weight is 329 g/mol. The minimum Gasteiger partial charge on any atom is -0.389 e. The van der Waals surface area contributed by atoms with Crippen molar-refractivity contribution in [2.75, 3.05) is 32.2 Å². The van der Waals surface area contributed by atoms with Crippen molar-refractivity contribution in [3.63, 3.8) is 0 Å². The Morgan fingerprint density at radius 3 is 2.78 bits per heavy atom. The summed E-state index contributed by atoms with van der Waals surface area (Å²) >= 11 is 1.61. The van der Waals surface area contributed by atoms with E-state index in [9.17, 15) is 5.11 Å². The Hall–Kier alpha value is -2.02. The van der Waals surface area contributed by atoms with Crippen LogP contribution >= 0.6 is 11.3 Å². The fraction of sp³-hybridized carbons (Fsp3) is 0.294. The van der Waals surface area contributed by atoms with Gasteiger partial charge in [-0.05, 0) is 23.6 Å². The molecule has 1 aromatic carbocycles. The number of rotatable bonds is 6. The summed E-state index contributed by atoms with van der Waals surface area (Å²) in [4.78, 5) is 12.4. The molecular weight excluding hydrogens is 310 g/mol. The van der Waals surface area contributed by atoms with E-state index in [2.05, 4.69) is 4.98 Å². The van der Waals surface area contributed by atoms with Crippen LogP contribution in [0, 0.1) is 0 Å². The lowest BCUT2D eigenvalue weighted by molar-refractivity contribution is 0.0694. The summed E-state index contributed by atoms with van der Waals surface area (Å²) in [7, 11) is 3.50. The maximum Gasteiger partial charge on any atom is 0.172 e. The van der Waals surface area contributed by atoms with Crippen LogP contribution in [0.4, 0.5) is 5.82 Å². The number of likely N-dealkylation sites (N-methyl/N-ethyl adjacent to an activating group) is 1. The molecule has 0 aliphatic carbocycles. The van der Waals surface area contributed by atoms with E-state index in [1.165, 1.54) is 0 Å². The number of hydrogen-bond donors (Lipinski definition) is 1. The van der Waals surface area contributed by atoms with E-state index < -0.39 is 6.10 Å². The van der Waals surface area contributed by atoms with Gasteiger partial charge >= 0.3 is 0 Å². The van der Waals surface area contributed by atoms with Crippen molar-refractivity contribution >= 4 is 28.1 Å². The monoisotopic (exact) mass is 329 g/mol. The third-order valence-corrected chi connectivity index (χ3v) is 4.40. The van der Waals surface area contributed by atoms with Crippen LogP contribution in [-0.4, -0.2) is 48.5 Å². The number of ether oxygens (including phenoxy) is 1. The maximum atomic E-state index is 10.00. The number of methoxy groups -OCH3 is 1. The van der Waals surface area contributed by atoms with E-state index in [1.54, 1.807) is 18.4 Å². The van der Waals surface area contributed by atoms with Crippen LogP contribution in [0.5, 0.6) is 0 Å². The zero-order chi connectivity index (χ0) is 16.2. The number of para-hydroxylation sites is 1. The highest BCUT2D eigenvalue weighted by atomic mass is 32.1. The molecule has 1 unspecified atom stereocenters. The molecule has 1 N–H and O–H groups in total. The summed E-state index contributed by atoms with van der Waals surface area (Å²) in [6.45, 7) is 0.740. The molecule has 2 heterocycles. The number of fused-ring (bicyclic) bond motifs is 1. The van der Waals surface area contributed by atoms with Gasteiger partial charge in [0.25, 0.3) is 0 Å². The molecule has 0 bridgehead atoms. The van der Waals surface area contributed by atoms with Gasteiger partial charge in [-0.2, -0.15) is 0 Å². The van der Waals surface area contributed by atoms with Crippen LogP contribution < -0.4 is 4.90 Å². The summed E-state index contributed by atoms with van der Waals surface area (Å²) in [6.07, 6.45) is -0.566. The quantitative estimate of drug-likeness (QED) is 0.753. The highest BCUT2D eigenvalue weighted by Gasteiger charge is 2.15. The predicted octanol–water partition coefficient (Wildman–Crippen LogP) is 2.80. The van der Waals surface area contributed by atoms with Gasteiger partial charge in [0.1, 0.15) is 5.82 Å². The number of nitrogens with zero attached hydrogens (tertiary/aromatic N) is 3. The van der Waals surface area contributed by atoms with E-state index in [4.69, 9.17) is 9.72 Å². The molecule has 0 amide bonds. The third-order valence-electron chi connectivity index (χ3n) is 3.53. The van der Waals surface area contributed by atoms with Crippen LogP contribution in [0.1, 0.15) is 0 Å². The molecule has 0 spiro atoms. The number of hydrogen-bond acceptors (Lipinski definition) is 6. The minimum absolute atomic E-state index is 0.297. The number of anilines is 1. The number of aliphatic hydroxyl groups is 1. The third kappa shape index (κ3) is 3.50. The van der Waals surface area contributed by atoms with Gasteiger partial charge in [-0.1, -0.05) is 18.2 Å². The molecule has 0 saturated carbocycles. The zero-order valence-electron chi connectivity index (χ0n) is 13.1. The highest BCUT2D eigenvalue weighted by Crippen LogP contribution is 2.28. The van der Waals surface area contributed by atoms with Gasteiger partial charge in [0.2, 0.25) is 0 Å². The van der Waals surface area contributed by atoms with E-state index in [1.807, 2.05) is 53.7 Å².